The van der Waals surface area contributed by atoms with Gasteiger partial charge in [0.05, 0.1) is 15.6 Å². The summed E-state index contributed by atoms with van der Waals surface area (Å²) in [6.45, 7) is 3.53. The first-order valence-corrected chi connectivity index (χ1v) is 10.4. The van der Waals surface area contributed by atoms with Crippen molar-refractivity contribution < 1.29 is 4.79 Å². The van der Waals surface area contributed by atoms with Gasteiger partial charge in [0.2, 0.25) is 0 Å². The van der Waals surface area contributed by atoms with E-state index in [-0.39, 0.29) is 5.78 Å². The lowest BCUT2D eigenvalue weighted by atomic mass is 10.1. The van der Waals surface area contributed by atoms with E-state index < -0.39 is 0 Å². The summed E-state index contributed by atoms with van der Waals surface area (Å²) in [7, 11) is 0. The molecule has 0 amide bonds. The summed E-state index contributed by atoms with van der Waals surface area (Å²) in [6.07, 6.45) is 5.53. The van der Waals surface area contributed by atoms with Crippen molar-refractivity contribution in [1.82, 2.24) is 19.9 Å². The second-order valence-corrected chi connectivity index (χ2v) is 8.47. The predicted molar refractivity (Wildman–Crippen MR) is 118 cm³/mol. The van der Waals surface area contributed by atoms with Crippen LogP contribution in [0.3, 0.4) is 0 Å². The van der Waals surface area contributed by atoms with E-state index >= 15 is 0 Å². The van der Waals surface area contributed by atoms with Crippen LogP contribution < -0.4 is 0 Å². The zero-order chi connectivity index (χ0) is 20.5. The molecule has 0 spiro atoms. The van der Waals surface area contributed by atoms with Crippen LogP contribution in [0.15, 0.2) is 42.9 Å². The molecule has 4 aromatic rings. The molecule has 29 heavy (non-hydrogen) atoms. The summed E-state index contributed by atoms with van der Waals surface area (Å²) in [6, 6.07) is 7.27. The van der Waals surface area contributed by atoms with Crippen LogP contribution >= 0.6 is 34.5 Å². The number of halogens is 2. The quantitative estimate of drug-likeness (QED) is 0.410. The van der Waals surface area contributed by atoms with Crippen molar-refractivity contribution in [2.24, 2.45) is 0 Å². The standard InChI is InChI=1S/C21H16Cl2N4OS/c1-11-10-26-14(7-12(2)28)9-16(11)21-27-18(15-4-3-13(22)8-17(15)23)19(29-21)20-24-5-6-25-20/h3-6,8-10H,7H2,1-2H3,(H,24,25). The molecule has 146 valence electrons. The van der Waals surface area contributed by atoms with Crippen molar-refractivity contribution in [3.8, 4) is 32.5 Å². The minimum absolute atomic E-state index is 0.0661. The summed E-state index contributed by atoms with van der Waals surface area (Å²) in [5, 5.41) is 1.89. The van der Waals surface area contributed by atoms with Crippen molar-refractivity contribution in [3.05, 3.63) is 64.2 Å². The average Bonchev–Trinajstić information content (AvgIpc) is 3.32. The number of H-pyrrole nitrogens is 1. The number of carbonyl (C=O) groups is 1. The zero-order valence-electron chi connectivity index (χ0n) is 15.7. The molecule has 8 heteroatoms. The monoisotopic (exact) mass is 442 g/mol. The predicted octanol–water partition coefficient (Wildman–Crippen LogP) is 6.01. The van der Waals surface area contributed by atoms with Gasteiger partial charge in [0.15, 0.2) is 0 Å². The van der Waals surface area contributed by atoms with Gasteiger partial charge in [-0.25, -0.2) is 9.97 Å². The van der Waals surface area contributed by atoms with Crippen LogP contribution in [0, 0.1) is 6.92 Å². The van der Waals surface area contributed by atoms with Gasteiger partial charge in [-0.2, -0.15) is 0 Å². The Morgan fingerprint density at radius 1 is 1.17 bits per heavy atom. The number of aromatic nitrogens is 4. The minimum Gasteiger partial charge on any atom is -0.344 e. The summed E-state index contributed by atoms with van der Waals surface area (Å²) >= 11 is 14.0. The highest BCUT2D eigenvalue weighted by molar-refractivity contribution is 7.18. The summed E-state index contributed by atoms with van der Waals surface area (Å²) in [4.78, 5) is 29.2. The van der Waals surface area contributed by atoms with Crippen molar-refractivity contribution in [3.63, 3.8) is 0 Å². The van der Waals surface area contributed by atoms with Crippen LogP contribution in [-0.2, 0) is 11.2 Å². The Hall–Kier alpha value is -2.54. The van der Waals surface area contributed by atoms with E-state index in [9.17, 15) is 4.79 Å². The molecule has 5 nitrogen and oxygen atoms in total. The number of carbonyl (C=O) groups excluding carboxylic acids is 1. The van der Waals surface area contributed by atoms with Crippen LogP contribution in [0.5, 0.6) is 0 Å². The molecule has 0 aliphatic carbocycles. The molecule has 3 aromatic heterocycles. The summed E-state index contributed by atoms with van der Waals surface area (Å²) in [5.41, 5.74) is 4.14. The minimum atomic E-state index is 0.0661. The van der Waals surface area contributed by atoms with Gasteiger partial charge >= 0.3 is 0 Å². The Balaban J connectivity index is 1.90. The Morgan fingerprint density at radius 3 is 2.69 bits per heavy atom. The highest BCUT2D eigenvalue weighted by atomic mass is 35.5. The Morgan fingerprint density at radius 2 is 2.00 bits per heavy atom. The van der Waals surface area contributed by atoms with Crippen molar-refractivity contribution in [2.75, 3.05) is 0 Å². The smallest absolute Gasteiger partial charge is 0.149 e. The van der Waals surface area contributed by atoms with Crippen LogP contribution in [-0.4, -0.2) is 25.7 Å². The van der Waals surface area contributed by atoms with Gasteiger partial charge < -0.3 is 4.98 Å². The Bertz CT molecular complexity index is 1200. The van der Waals surface area contributed by atoms with E-state index in [4.69, 9.17) is 28.2 Å². The number of ketones is 1. The molecular formula is C21H16Cl2N4OS. The molecule has 1 N–H and O–H groups in total. The number of Topliss-reactive ketones (excluding diaryl/α,β-unsaturated/α-hetero) is 1. The number of hydrogen-bond donors (Lipinski definition) is 1. The van der Waals surface area contributed by atoms with Crippen molar-refractivity contribution in [2.45, 2.75) is 20.3 Å². The Kier molecular flexibility index (Phi) is 5.50. The maximum absolute atomic E-state index is 11.5. The van der Waals surface area contributed by atoms with Crippen molar-refractivity contribution >= 4 is 40.3 Å². The van der Waals surface area contributed by atoms with E-state index in [1.165, 1.54) is 11.3 Å². The lowest BCUT2D eigenvalue weighted by Crippen LogP contribution is -2.00. The molecule has 0 atom stereocenters. The normalized spacial score (nSPS) is 11.0. The van der Waals surface area contributed by atoms with Gasteiger partial charge in [0.25, 0.3) is 0 Å². The fourth-order valence-corrected chi connectivity index (χ4v) is 4.62. The molecule has 0 radical (unpaired) electrons. The van der Waals surface area contributed by atoms with Gasteiger partial charge in [-0.05, 0) is 43.7 Å². The van der Waals surface area contributed by atoms with Crippen LogP contribution in [0.25, 0.3) is 32.5 Å². The zero-order valence-corrected chi connectivity index (χ0v) is 18.0. The van der Waals surface area contributed by atoms with E-state index in [1.54, 1.807) is 37.6 Å². The molecule has 1 aromatic carbocycles. The first-order valence-electron chi connectivity index (χ1n) is 8.83. The van der Waals surface area contributed by atoms with Gasteiger partial charge in [-0.15, -0.1) is 11.3 Å². The number of imidazole rings is 1. The second kappa shape index (κ2) is 8.06. The largest absolute Gasteiger partial charge is 0.344 e. The molecule has 4 rings (SSSR count). The van der Waals surface area contributed by atoms with Crippen LogP contribution in [0.4, 0.5) is 0 Å². The molecule has 0 aliphatic heterocycles. The summed E-state index contributed by atoms with van der Waals surface area (Å²) < 4.78 is 0. The number of benzene rings is 1. The fourth-order valence-electron chi connectivity index (χ4n) is 3.00. The highest BCUT2D eigenvalue weighted by Gasteiger charge is 2.21. The number of nitrogens with one attached hydrogen (secondary N) is 1. The third kappa shape index (κ3) is 4.10. The maximum atomic E-state index is 11.5. The number of thiazole rings is 1. The average molecular weight is 443 g/mol. The topological polar surface area (TPSA) is 71.5 Å². The lowest BCUT2D eigenvalue weighted by molar-refractivity contribution is -0.116. The lowest BCUT2D eigenvalue weighted by Gasteiger charge is -2.05. The van der Waals surface area contributed by atoms with Crippen LogP contribution in [0.1, 0.15) is 18.2 Å². The van der Waals surface area contributed by atoms with Crippen molar-refractivity contribution in [1.29, 1.82) is 0 Å². The SMILES string of the molecule is CC(=O)Cc1cc(-c2nc(-c3ccc(Cl)cc3Cl)c(-c3ncc[nH]3)s2)c(C)cn1. The first-order chi connectivity index (χ1) is 13.9. The maximum Gasteiger partial charge on any atom is 0.149 e. The van der Waals surface area contributed by atoms with Gasteiger partial charge in [0.1, 0.15) is 16.6 Å². The van der Waals surface area contributed by atoms with Gasteiger partial charge in [-0.3, -0.25) is 9.78 Å². The van der Waals surface area contributed by atoms with E-state index in [2.05, 4.69) is 15.0 Å². The molecule has 0 saturated heterocycles. The number of pyridine rings is 1. The number of aryl methyl sites for hydroxylation is 1. The Labute approximate surface area is 181 Å². The second-order valence-electron chi connectivity index (χ2n) is 6.63. The molecule has 0 unspecified atom stereocenters. The molecule has 0 saturated carbocycles. The molecule has 0 aliphatic rings. The number of hydrogen-bond acceptors (Lipinski definition) is 5. The number of aromatic amines is 1. The van der Waals surface area contributed by atoms with E-state index in [0.29, 0.717) is 22.3 Å². The molecule has 0 fully saturated rings. The van der Waals surface area contributed by atoms with Gasteiger partial charge in [-0.1, -0.05) is 23.2 Å². The van der Waals surface area contributed by atoms with E-state index in [0.717, 1.165) is 38.0 Å². The fraction of sp³-hybridized carbons (Fsp3) is 0.143. The number of rotatable bonds is 5. The number of nitrogens with zero attached hydrogens (tertiary/aromatic N) is 3. The third-order valence-corrected chi connectivity index (χ3v) is 5.99. The summed E-state index contributed by atoms with van der Waals surface area (Å²) in [5.74, 6) is 0.779. The van der Waals surface area contributed by atoms with Gasteiger partial charge in [0, 0.05) is 46.9 Å². The highest BCUT2D eigenvalue weighted by Crippen LogP contribution is 2.42. The third-order valence-electron chi connectivity index (χ3n) is 4.35. The molecule has 3 heterocycles. The molecular weight excluding hydrogens is 427 g/mol. The van der Waals surface area contributed by atoms with E-state index in [1.807, 2.05) is 19.1 Å². The molecule has 0 bridgehead atoms. The van der Waals surface area contributed by atoms with Crippen LogP contribution in [0.2, 0.25) is 10.0 Å². The first kappa shape index (κ1) is 19.8.